The number of hydrogen-bond donors (Lipinski definition) is 0. The van der Waals surface area contributed by atoms with Crippen LogP contribution in [0.5, 0.6) is 0 Å². The van der Waals surface area contributed by atoms with E-state index in [-0.39, 0.29) is 5.41 Å². The Morgan fingerprint density at radius 2 is 1.52 bits per heavy atom. The van der Waals surface area contributed by atoms with E-state index in [0.717, 1.165) is 36.5 Å². The van der Waals surface area contributed by atoms with Crippen LogP contribution >= 0.6 is 0 Å². The molecule has 0 saturated heterocycles. The van der Waals surface area contributed by atoms with Gasteiger partial charge < -0.3 is 0 Å². The SMILES string of the molecule is C=C(C)[C@H]1CC[C@@]2(C)CC[C@@]3(C)[C@@H](CC[C@H]4[C@]5(C)CCC(=O)C(C)(C)[C@H]5CC[C@@]43C)[C@H]12. The fraction of sp³-hybridized carbons (Fsp3) is 0.900. The molecule has 0 N–H and O–H groups in total. The van der Waals surface area contributed by atoms with Gasteiger partial charge in [-0.2, -0.15) is 0 Å². The van der Waals surface area contributed by atoms with Crippen LogP contribution in [-0.4, -0.2) is 5.78 Å². The van der Waals surface area contributed by atoms with Crippen molar-refractivity contribution in [3.05, 3.63) is 12.2 Å². The number of Topliss-reactive ketones (excluding diaryl/α,β-unsaturated/α-hetero) is 1. The fourth-order valence-corrected chi connectivity index (χ4v) is 11.3. The van der Waals surface area contributed by atoms with Gasteiger partial charge in [-0.1, -0.05) is 53.7 Å². The van der Waals surface area contributed by atoms with Crippen LogP contribution in [0.25, 0.3) is 0 Å². The molecule has 0 bridgehead atoms. The molecule has 174 valence electrons. The lowest BCUT2D eigenvalue weighted by atomic mass is 9.32. The van der Waals surface area contributed by atoms with Crippen molar-refractivity contribution in [2.45, 2.75) is 113 Å². The Morgan fingerprint density at radius 1 is 0.806 bits per heavy atom. The van der Waals surface area contributed by atoms with E-state index in [1.165, 1.54) is 56.9 Å². The maximum Gasteiger partial charge on any atom is 0.138 e. The lowest BCUT2D eigenvalue weighted by Crippen LogP contribution is -2.66. The minimum atomic E-state index is -0.131. The summed E-state index contributed by atoms with van der Waals surface area (Å²) in [4.78, 5) is 12.9. The summed E-state index contributed by atoms with van der Waals surface area (Å²) in [7, 11) is 0. The molecule has 31 heavy (non-hydrogen) atoms. The van der Waals surface area contributed by atoms with Crippen molar-refractivity contribution in [1.82, 2.24) is 0 Å². The number of allylic oxidation sites excluding steroid dienone is 1. The zero-order valence-corrected chi connectivity index (χ0v) is 21.6. The van der Waals surface area contributed by atoms with Crippen molar-refractivity contribution < 1.29 is 4.79 Å². The van der Waals surface area contributed by atoms with Crippen LogP contribution in [0.4, 0.5) is 0 Å². The summed E-state index contributed by atoms with van der Waals surface area (Å²) in [6.07, 6.45) is 13.0. The molecule has 5 fully saturated rings. The van der Waals surface area contributed by atoms with Gasteiger partial charge in [0.15, 0.2) is 0 Å². The Labute approximate surface area is 192 Å². The van der Waals surface area contributed by atoms with Crippen molar-refractivity contribution in [1.29, 1.82) is 0 Å². The van der Waals surface area contributed by atoms with Gasteiger partial charge >= 0.3 is 0 Å². The molecule has 9 atom stereocenters. The van der Waals surface area contributed by atoms with Crippen LogP contribution in [0.2, 0.25) is 0 Å². The predicted molar refractivity (Wildman–Crippen MR) is 130 cm³/mol. The van der Waals surface area contributed by atoms with E-state index in [9.17, 15) is 4.79 Å². The van der Waals surface area contributed by atoms with Crippen LogP contribution in [0.3, 0.4) is 0 Å². The smallest absolute Gasteiger partial charge is 0.138 e. The summed E-state index contributed by atoms with van der Waals surface area (Å²) < 4.78 is 0. The van der Waals surface area contributed by atoms with Gasteiger partial charge in [0.25, 0.3) is 0 Å². The quantitative estimate of drug-likeness (QED) is 0.387. The molecule has 0 amide bonds. The van der Waals surface area contributed by atoms with Crippen molar-refractivity contribution in [2.24, 2.45) is 56.7 Å². The average Bonchev–Trinajstić information content (AvgIpc) is 3.04. The minimum absolute atomic E-state index is 0.131. The average molecular weight is 425 g/mol. The molecule has 5 rings (SSSR count). The van der Waals surface area contributed by atoms with Gasteiger partial charge in [-0.3, -0.25) is 4.79 Å². The molecule has 0 radical (unpaired) electrons. The number of ketones is 1. The summed E-state index contributed by atoms with van der Waals surface area (Å²) in [5, 5.41) is 0. The third-order valence-electron chi connectivity index (χ3n) is 13.2. The molecule has 0 aromatic carbocycles. The molecular formula is C30H48O. The molecule has 0 unspecified atom stereocenters. The molecule has 1 nitrogen and oxygen atoms in total. The first kappa shape index (κ1) is 22.2. The van der Waals surface area contributed by atoms with E-state index in [2.05, 4.69) is 55.0 Å². The number of carbonyl (C=O) groups is 1. The van der Waals surface area contributed by atoms with Crippen LogP contribution in [-0.2, 0) is 4.79 Å². The van der Waals surface area contributed by atoms with Gasteiger partial charge in [-0.25, -0.2) is 0 Å². The van der Waals surface area contributed by atoms with Gasteiger partial charge in [0, 0.05) is 11.8 Å². The molecule has 0 heterocycles. The second kappa shape index (κ2) is 6.50. The standard InChI is InChI=1S/C30H48O/c1-19(2)20-11-14-27(5)17-18-29(7)21(25(20)27)9-10-23-28(6)15-13-24(31)26(3,4)22(28)12-16-30(23,29)8/h20-23,25H,1,9-18H2,2-8H3/t20-,21+,22-,23+,25+,27+,28-,29+,30+/m1/s1. The van der Waals surface area contributed by atoms with Gasteiger partial charge in [0.2, 0.25) is 0 Å². The second-order valence-electron chi connectivity index (χ2n) is 14.5. The molecule has 1 heteroatoms. The van der Waals surface area contributed by atoms with Crippen molar-refractivity contribution in [3.8, 4) is 0 Å². The number of fused-ring (bicyclic) bond motifs is 7. The Morgan fingerprint density at radius 3 is 2.19 bits per heavy atom. The lowest BCUT2D eigenvalue weighted by molar-refractivity contribution is -0.232. The van der Waals surface area contributed by atoms with Crippen molar-refractivity contribution >= 4 is 5.78 Å². The van der Waals surface area contributed by atoms with Crippen LogP contribution in [0.15, 0.2) is 12.2 Å². The van der Waals surface area contributed by atoms with E-state index >= 15 is 0 Å². The highest BCUT2D eigenvalue weighted by atomic mass is 16.1. The summed E-state index contributed by atoms with van der Waals surface area (Å²) in [6.45, 7) is 22.0. The van der Waals surface area contributed by atoms with E-state index in [1.807, 2.05) is 0 Å². The normalized spacial score (nSPS) is 55.6. The summed E-state index contributed by atoms with van der Waals surface area (Å²) >= 11 is 0. The third kappa shape index (κ3) is 2.59. The van der Waals surface area contributed by atoms with Crippen LogP contribution < -0.4 is 0 Å². The van der Waals surface area contributed by atoms with Crippen LogP contribution in [0, 0.1) is 56.7 Å². The van der Waals surface area contributed by atoms with E-state index in [0.29, 0.717) is 33.4 Å². The van der Waals surface area contributed by atoms with E-state index < -0.39 is 0 Å². The Bertz CT molecular complexity index is 807. The molecule has 5 aliphatic rings. The van der Waals surface area contributed by atoms with E-state index in [4.69, 9.17) is 0 Å². The highest BCUT2D eigenvalue weighted by molar-refractivity contribution is 5.85. The summed E-state index contributed by atoms with van der Waals surface area (Å²) in [5.41, 5.74) is 3.06. The fourth-order valence-electron chi connectivity index (χ4n) is 11.3. The Balaban J connectivity index is 1.55. The zero-order valence-electron chi connectivity index (χ0n) is 21.6. The first-order chi connectivity index (χ1) is 14.3. The van der Waals surface area contributed by atoms with Crippen molar-refractivity contribution in [3.63, 3.8) is 0 Å². The van der Waals surface area contributed by atoms with Gasteiger partial charge in [0.1, 0.15) is 5.78 Å². The predicted octanol–water partition coefficient (Wildman–Crippen LogP) is 8.23. The molecule has 0 aromatic rings. The Hall–Kier alpha value is -0.590. The summed E-state index contributed by atoms with van der Waals surface area (Å²) in [5.74, 6) is 4.33. The molecular weight excluding hydrogens is 376 g/mol. The number of carbonyl (C=O) groups excluding carboxylic acids is 1. The van der Waals surface area contributed by atoms with Crippen molar-refractivity contribution in [2.75, 3.05) is 0 Å². The summed E-state index contributed by atoms with van der Waals surface area (Å²) in [6, 6.07) is 0. The topological polar surface area (TPSA) is 17.1 Å². The monoisotopic (exact) mass is 424 g/mol. The third-order valence-corrected chi connectivity index (χ3v) is 13.2. The highest BCUT2D eigenvalue weighted by Gasteiger charge is 2.70. The molecule has 0 aliphatic heterocycles. The molecule has 5 aliphatic carbocycles. The number of rotatable bonds is 1. The first-order valence-corrected chi connectivity index (χ1v) is 13.5. The largest absolute Gasteiger partial charge is 0.299 e. The van der Waals surface area contributed by atoms with Gasteiger partial charge in [0.05, 0.1) is 0 Å². The molecule has 0 aromatic heterocycles. The Kier molecular flexibility index (Phi) is 4.66. The minimum Gasteiger partial charge on any atom is -0.299 e. The maximum atomic E-state index is 12.9. The van der Waals surface area contributed by atoms with Gasteiger partial charge in [-0.15, -0.1) is 0 Å². The van der Waals surface area contributed by atoms with Gasteiger partial charge in [-0.05, 0) is 116 Å². The van der Waals surface area contributed by atoms with E-state index in [1.54, 1.807) is 0 Å². The van der Waals surface area contributed by atoms with Crippen LogP contribution in [0.1, 0.15) is 113 Å². The first-order valence-electron chi connectivity index (χ1n) is 13.5. The lowest BCUT2D eigenvalue weighted by Gasteiger charge is -2.72. The maximum absolute atomic E-state index is 12.9. The second-order valence-corrected chi connectivity index (χ2v) is 14.5. The zero-order chi connectivity index (χ0) is 22.6. The molecule has 5 saturated carbocycles. The molecule has 0 spiro atoms. The highest BCUT2D eigenvalue weighted by Crippen LogP contribution is 2.77. The number of hydrogen-bond acceptors (Lipinski definition) is 1.